The molecule has 1 fully saturated rings. The number of H-pyrrole nitrogens is 1. The van der Waals surface area contributed by atoms with E-state index in [0.717, 1.165) is 17.9 Å². The molecule has 0 unspecified atom stereocenters. The van der Waals surface area contributed by atoms with Crippen molar-refractivity contribution in [3.05, 3.63) is 45.4 Å². The lowest BCUT2D eigenvalue weighted by Crippen LogP contribution is -2.40. The van der Waals surface area contributed by atoms with Gasteiger partial charge >= 0.3 is 0 Å². The zero-order chi connectivity index (χ0) is 15.7. The first-order valence-electron chi connectivity index (χ1n) is 7.28. The molecule has 3 rings (SSSR count). The third kappa shape index (κ3) is 3.14. The molecular formula is C15H19N5O2. The summed E-state index contributed by atoms with van der Waals surface area (Å²) in [6.07, 6.45) is -0.251. The van der Waals surface area contributed by atoms with Gasteiger partial charge in [0, 0.05) is 24.0 Å². The molecule has 0 radical (unpaired) electrons. The van der Waals surface area contributed by atoms with Gasteiger partial charge < -0.3 is 14.6 Å². The van der Waals surface area contributed by atoms with E-state index >= 15 is 0 Å². The molecule has 2 aromatic heterocycles. The van der Waals surface area contributed by atoms with Gasteiger partial charge in [0.1, 0.15) is 11.9 Å². The van der Waals surface area contributed by atoms with E-state index in [2.05, 4.69) is 24.8 Å². The van der Waals surface area contributed by atoms with E-state index in [1.807, 2.05) is 19.9 Å². The van der Waals surface area contributed by atoms with Crippen molar-refractivity contribution in [3.8, 4) is 0 Å². The maximum Gasteiger partial charge on any atom is 0.251 e. The first-order chi connectivity index (χ1) is 10.5. The number of morpholine rings is 1. The third-order valence-corrected chi connectivity index (χ3v) is 3.53. The molecule has 1 aliphatic rings. The van der Waals surface area contributed by atoms with Gasteiger partial charge in [0.15, 0.2) is 0 Å². The van der Waals surface area contributed by atoms with Crippen molar-refractivity contribution in [2.45, 2.75) is 26.9 Å². The summed E-state index contributed by atoms with van der Waals surface area (Å²) in [7, 11) is 0. The Morgan fingerprint density at radius 3 is 2.59 bits per heavy atom. The Morgan fingerprint density at radius 1 is 1.18 bits per heavy atom. The fraction of sp³-hybridized carbons (Fsp3) is 0.467. The summed E-state index contributed by atoms with van der Waals surface area (Å²) in [6, 6.07) is 3.44. The Balaban J connectivity index is 1.86. The van der Waals surface area contributed by atoms with Gasteiger partial charge in [-0.1, -0.05) is 0 Å². The Morgan fingerprint density at radius 2 is 1.91 bits per heavy atom. The Hall–Kier alpha value is -2.28. The lowest BCUT2D eigenvalue weighted by Gasteiger charge is -2.32. The quantitative estimate of drug-likeness (QED) is 0.893. The molecule has 3 heterocycles. The molecule has 0 bridgehead atoms. The molecule has 0 amide bonds. The third-order valence-electron chi connectivity index (χ3n) is 3.53. The van der Waals surface area contributed by atoms with E-state index in [4.69, 9.17) is 4.74 Å². The summed E-state index contributed by atoms with van der Waals surface area (Å²) >= 11 is 0. The minimum Gasteiger partial charge on any atom is -0.368 e. The predicted molar refractivity (Wildman–Crippen MR) is 82.0 cm³/mol. The van der Waals surface area contributed by atoms with Crippen LogP contribution in [0.5, 0.6) is 0 Å². The molecule has 22 heavy (non-hydrogen) atoms. The van der Waals surface area contributed by atoms with Crippen LogP contribution in [0.15, 0.2) is 16.9 Å². The normalized spacial score (nSPS) is 18.5. The van der Waals surface area contributed by atoms with Crippen molar-refractivity contribution in [1.29, 1.82) is 0 Å². The standard InChI is InChI=1S/C15H19N5O2/c1-9-6-10(2)17-15(16-9)20-4-5-22-13(8-20)12-7-14(21)19-11(3)18-12/h6-7,13H,4-5,8H2,1-3H3,(H,18,19,21)/t13-/m0/s1. The summed E-state index contributed by atoms with van der Waals surface area (Å²) in [6.45, 7) is 7.53. The second-order valence-corrected chi connectivity index (χ2v) is 5.51. The minimum absolute atomic E-state index is 0.161. The number of hydrogen-bond donors (Lipinski definition) is 1. The zero-order valence-corrected chi connectivity index (χ0v) is 13.0. The second kappa shape index (κ2) is 5.84. The average Bonchev–Trinajstić information content (AvgIpc) is 2.45. The Bertz CT molecular complexity index is 723. The van der Waals surface area contributed by atoms with Gasteiger partial charge in [-0.05, 0) is 26.8 Å². The molecule has 0 aliphatic carbocycles. The van der Waals surface area contributed by atoms with Crippen LogP contribution in [0.1, 0.15) is 29.0 Å². The molecular weight excluding hydrogens is 282 g/mol. The van der Waals surface area contributed by atoms with E-state index in [0.29, 0.717) is 30.6 Å². The number of ether oxygens (including phenoxy) is 1. The predicted octanol–water partition coefficient (Wildman–Crippen LogP) is 1.06. The largest absolute Gasteiger partial charge is 0.368 e. The number of aryl methyl sites for hydroxylation is 3. The van der Waals surface area contributed by atoms with Crippen molar-refractivity contribution >= 4 is 5.95 Å². The van der Waals surface area contributed by atoms with Crippen molar-refractivity contribution in [3.63, 3.8) is 0 Å². The summed E-state index contributed by atoms with van der Waals surface area (Å²) in [5, 5.41) is 0. The van der Waals surface area contributed by atoms with Crippen LogP contribution in [-0.2, 0) is 4.74 Å². The highest BCUT2D eigenvalue weighted by atomic mass is 16.5. The van der Waals surface area contributed by atoms with E-state index in [9.17, 15) is 4.79 Å². The van der Waals surface area contributed by atoms with Crippen molar-refractivity contribution in [2.75, 3.05) is 24.6 Å². The van der Waals surface area contributed by atoms with Gasteiger partial charge in [-0.3, -0.25) is 4.79 Å². The average molecular weight is 301 g/mol. The van der Waals surface area contributed by atoms with E-state index in [1.54, 1.807) is 6.92 Å². The SMILES string of the molecule is Cc1cc(C)nc(N2CCO[C@H](c3cc(=O)[nH]c(C)n3)C2)n1. The highest BCUT2D eigenvalue weighted by Crippen LogP contribution is 2.22. The molecule has 1 saturated heterocycles. The molecule has 2 aromatic rings. The molecule has 116 valence electrons. The Labute approximate surface area is 128 Å². The lowest BCUT2D eigenvalue weighted by molar-refractivity contribution is 0.0362. The number of nitrogens with one attached hydrogen (secondary N) is 1. The highest BCUT2D eigenvalue weighted by Gasteiger charge is 2.25. The van der Waals surface area contributed by atoms with Crippen LogP contribution in [0.4, 0.5) is 5.95 Å². The maximum atomic E-state index is 11.6. The molecule has 0 aromatic carbocycles. The monoisotopic (exact) mass is 301 g/mol. The van der Waals surface area contributed by atoms with Crippen LogP contribution in [0.25, 0.3) is 0 Å². The Kier molecular flexibility index (Phi) is 3.89. The van der Waals surface area contributed by atoms with Crippen LogP contribution in [0.3, 0.4) is 0 Å². The molecule has 7 nitrogen and oxygen atoms in total. The van der Waals surface area contributed by atoms with Crippen LogP contribution < -0.4 is 10.5 Å². The summed E-state index contributed by atoms with van der Waals surface area (Å²) in [5.74, 6) is 1.29. The molecule has 1 atom stereocenters. The molecule has 1 aliphatic heterocycles. The summed E-state index contributed by atoms with van der Waals surface area (Å²) < 4.78 is 5.77. The summed E-state index contributed by atoms with van der Waals surface area (Å²) in [4.78, 5) is 29.7. The van der Waals surface area contributed by atoms with Gasteiger partial charge in [-0.25, -0.2) is 15.0 Å². The number of aromatic amines is 1. The minimum atomic E-state index is -0.251. The maximum absolute atomic E-state index is 11.6. The molecule has 1 N–H and O–H groups in total. The van der Waals surface area contributed by atoms with Crippen molar-refractivity contribution in [1.82, 2.24) is 19.9 Å². The number of aromatic nitrogens is 4. The van der Waals surface area contributed by atoms with Gasteiger partial charge in [-0.2, -0.15) is 0 Å². The van der Waals surface area contributed by atoms with E-state index < -0.39 is 0 Å². The van der Waals surface area contributed by atoms with Crippen LogP contribution in [0.2, 0.25) is 0 Å². The van der Waals surface area contributed by atoms with Gasteiger partial charge in [-0.15, -0.1) is 0 Å². The molecule has 7 heteroatoms. The van der Waals surface area contributed by atoms with E-state index in [1.165, 1.54) is 6.07 Å². The van der Waals surface area contributed by atoms with Crippen LogP contribution in [-0.4, -0.2) is 39.6 Å². The number of rotatable bonds is 2. The number of anilines is 1. The lowest BCUT2D eigenvalue weighted by atomic mass is 10.2. The van der Waals surface area contributed by atoms with Crippen LogP contribution >= 0.6 is 0 Å². The smallest absolute Gasteiger partial charge is 0.251 e. The first-order valence-corrected chi connectivity index (χ1v) is 7.28. The van der Waals surface area contributed by atoms with Gasteiger partial charge in [0.25, 0.3) is 5.56 Å². The van der Waals surface area contributed by atoms with Crippen LogP contribution in [0, 0.1) is 20.8 Å². The topological polar surface area (TPSA) is 84.0 Å². The van der Waals surface area contributed by atoms with Gasteiger partial charge in [0.05, 0.1) is 18.8 Å². The first kappa shape index (κ1) is 14.6. The van der Waals surface area contributed by atoms with Gasteiger partial charge in [0.2, 0.25) is 5.95 Å². The zero-order valence-electron chi connectivity index (χ0n) is 13.0. The number of hydrogen-bond acceptors (Lipinski definition) is 6. The fourth-order valence-electron chi connectivity index (χ4n) is 2.63. The fourth-order valence-corrected chi connectivity index (χ4v) is 2.63. The van der Waals surface area contributed by atoms with Crippen molar-refractivity contribution in [2.24, 2.45) is 0 Å². The summed E-state index contributed by atoms with van der Waals surface area (Å²) in [5.41, 5.74) is 2.37. The second-order valence-electron chi connectivity index (χ2n) is 5.51. The number of nitrogens with zero attached hydrogens (tertiary/aromatic N) is 4. The highest BCUT2D eigenvalue weighted by molar-refractivity contribution is 5.33. The van der Waals surface area contributed by atoms with E-state index in [-0.39, 0.29) is 11.7 Å². The van der Waals surface area contributed by atoms with Crippen molar-refractivity contribution < 1.29 is 4.74 Å². The molecule has 0 saturated carbocycles. The molecule has 0 spiro atoms.